The van der Waals surface area contributed by atoms with Gasteiger partial charge in [-0.2, -0.15) is 0 Å². The lowest BCUT2D eigenvalue weighted by Crippen LogP contribution is -2.43. The van der Waals surface area contributed by atoms with Crippen LogP contribution < -0.4 is 5.73 Å². The summed E-state index contributed by atoms with van der Waals surface area (Å²) in [6, 6.07) is 5.12. The molecule has 0 fully saturated rings. The Morgan fingerprint density at radius 1 is 1.59 bits per heavy atom. The van der Waals surface area contributed by atoms with Crippen molar-refractivity contribution < 1.29 is 9.53 Å². The third-order valence-electron chi connectivity index (χ3n) is 2.35. The van der Waals surface area contributed by atoms with E-state index in [4.69, 9.17) is 10.5 Å². The molecule has 0 aliphatic rings. The quantitative estimate of drug-likeness (QED) is 0.777. The second kappa shape index (κ2) is 6.98. The van der Waals surface area contributed by atoms with Gasteiger partial charge in [-0.1, -0.05) is 6.07 Å². The van der Waals surface area contributed by atoms with Crippen molar-refractivity contribution in [2.45, 2.75) is 19.5 Å². The van der Waals surface area contributed by atoms with Crippen LogP contribution in [0.25, 0.3) is 0 Å². The van der Waals surface area contributed by atoms with Crippen molar-refractivity contribution >= 4 is 5.91 Å². The van der Waals surface area contributed by atoms with E-state index in [0.717, 1.165) is 5.69 Å². The van der Waals surface area contributed by atoms with Crippen LogP contribution in [0.5, 0.6) is 0 Å². The second-order valence-corrected chi connectivity index (χ2v) is 3.86. The Bertz CT molecular complexity index is 341. The zero-order valence-electron chi connectivity index (χ0n) is 10.3. The number of carbonyl (C=O) groups is 1. The predicted octanol–water partition coefficient (Wildman–Crippen LogP) is 0.404. The lowest BCUT2D eigenvalue weighted by Gasteiger charge is -2.23. The molecule has 1 rings (SSSR count). The molecular weight excluding hydrogens is 218 g/mol. The fourth-order valence-corrected chi connectivity index (χ4v) is 1.44. The molecule has 17 heavy (non-hydrogen) atoms. The molecule has 1 atom stereocenters. The van der Waals surface area contributed by atoms with Gasteiger partial charge < -0.3 is 15.4 Å². The summed E-state index contributed by atoms with van der Waals surface area (Å²) in [6.45, 7) is 3.16. The van der Waals surface area contributed by atoms with Crippen LogP contribution in [0.4, 0.5) is 0 Å². The van der Waals surface area contributed by atoms with Gasteiger partial charge >= 0.3 is 0 Å². The first-order valence-corrected chi connectivity index (χ1v) is 5.58. The van der Waals surface area contributed by atoms with Crippen molar-refractivity contribution in [3.63, 3.8) is 0 Å². The number of methoxy groups -OCH3 is 1. The average Bonchev–Trinajstić information content (AvgIpc) is 2.34. The maximum Gasteiger partial charge on any atom is 0.239 e. The van der Waals surface area contributed by atoms with Crippen molar-refractivity contribution in [1.29, 1.82) is 0 Å². The maximum atomic E-state index is 11.9. The van der Waals surface area contributed by atoms with E-state index in [9.17, 15) is 4.79 Å². The third kappa shape index (κ3) is 4.50. The molecule has 0 bridgehead atoms. The van der Waals surface area contributed by atoms with E-state index < -0.39 is 6.04 Å². The first-order valence-electron chi connectivity index (χ1n) is 5.58. The number of nitrogens with zero attached hydrogens (tertiary/aromatic N) is 2. The number of amides is 1. The van der Waals surface area contributed by atoms with Crippen molar-refractivity contribution in [1.82, 2.24) is 9.88 Å². The molecule has 1 heterocycles. The Morgan fingerprint density at radius 3 is 2.88 bits per heavy atom. The summed E-state index contributed by atoms with van der Waals surface area (Å²) in [7, 11) is 1.61. The van der Waals surface area contributed by atoms with Gasteiger partial charge in [-0.25, -0.2) is 0 Å². The van der Waals surface area contributed by atoms with Gasteiger partial charge in [0, 0.05) is 19.9 Å². The first-order chi connectivity index (χ1) is 8.15. The predicted molar refractivity (Wildman–Crippen MR) is 65.2 cm³/mol. The molecule has 1 aromatic heterocycles. The summed E-state index contributed by atoms with van der Waals surface area (Å²) in [5, 5.41) is 0. The number of hydrogen-bond acceptors (Lipinski definition) is 4. The van der Waals surface area contributed by atoms with Crippen molar-refractivity contribution in [2.75, 3.05) is 20.3 Å². The molecule has 0 aromatic carbocycles. The molecule has 5 heteroatoms. The summed E-state index contributed by atoms with van der Waals surface area (Å²) >= 11 is 0. The number of hydrogen-bond donors (Lipinski definition) is 1. The number of rotatable bonds is 6. The van der Waals surface area contributed by atoms with E-state index in [2.05, 4.69) is 4.98 Å². The van der Waals surface area contributed by atoms with Crippen LogP contribution in [0.1, 0.15) is 12.6 Å². The number of pyridine rings is 1. The van der Waals surface area contributed by atoms with Gasteiger partial charge in [0.25, 0.3) is 0 Å². The van der Waals surface area contributed by atoms with Crippen LogP contribution >= 0.6 is 0 Å². The molecule has 0 aliphatic heterocycles. The molecule has 0 spiro atoms. The number of nitrogens with two attached hydrogens (primary N) is 1. The zero-order chi connectivity index (χ0) is 12.7. The van der Waals surface area contributed by atoms with Gasteiger partial charge in [0.1, 0.15) is 0 Å². The monoisotopic (exact) mass is 237 g/mol. The van der Waals surface area contributed by atoms with Gasteiger partial charge in [0.15, 0.2) is 0 Å². The molecule has 5 nitrogen and oxygen atoms in total. The largest absolute Gasteiger partial charge is 0.383 e. The lowest BCUT2D eigenvalue weighted by atomic mass is 10.2. The molecule has 1 unspecified atom stereocenters. The minimum absolute atomic E-state index is 0.0901. The third-order valence-corrected chi connectivity index (χ3v) is 2.35. The highest BCUT2D eigenvalue weighted by Crippen LogP contribution is 2.03. The van der Waals surface area contributed by atoms with E-state index in [1.165, 1.54) is 0 Å². The maximum absolute atomic E-state index is 11.9. The van der Waals surface area contributed by atoms with Crippen LogP contribution in [0.3, 0.4) is 0 Å². The minimum atomic E-state index is -0.504. The highest BCUT2D eigenvalue weighted by atomic mass is 16.5. The Balaban J connectivity index is 2.66. The van der Waals surface area contributed by atoms with Gasteiger partial charge in [-0.3, -0.25) is 9.78 Å². The summed E-state index contributed by atoms with van der Waals surface area (Å²) in [4.78, 5) is 17.7. The van der Waals surface area contributed by atoms with Crippen LogP contribution in [-0.4, -0.2) is 42.1 Å². The topological polar surface area (TPSA) is 68.5 Å². The second-order valence-electron chi connectivity index (χ2n) is 3.86. The Hall–Kier alpha value is -1.46. The summed E-state index contributed by atoms with van der Waals surface area (Å²) in [5.41, 5.74) is 6.45. The van der Waals surface area contributed by atoms with Crippen LogP contribution in [0.15, 0.2) is 24.4 Å². The Labute approximate surface area is 102 Å². The number of aromatic nitrogens is 1. The Morgan fingerprint density at radius 2 is 2.35 bits per heavy atom. The van der Waals surface area contributed by atoms with Crippen LogP contribution in [-0.2, 0) is 16.1 Å². The molecule has 2 N–H and O–H groups in total. The molecule has 0 saturated heterocycles. The van der Waals surface area contributed by atoms with E-state index in [1.54, 1.807) is 25.1 Å². The van der Waals surface area contributed by atoms with E-state index in [-0.39, 0.29) is 5.91 Å². The first kappa shape index (κ1) is 13.6. The Kier molecular flexibility index (Phi) is 5.59. The highest BCUT2D eigenvalue weighted by molar-refractivity contribution is 5.81. The lowest BCUT2D eigenvalue weighted by molar-refractivity contribution is -0.133. The fourth-order valence-electron chi connectivity index (χ4n) is 1.44. The SMILES string of the molecule is COCCN(Cc1ccccn1)C(=O)C(C)N. The molecule has 1 amide bonds. The molecule has 0 aliphatic carbocycles. The van der Waals surface area contributed by atoms with E-state index >= 15 is 0 Å². The molecule has 0 saturated carbocycles. The highest BCUT2D eigenvalue weighted by Gasteiger charge is 2.17. The standard InChI is InChI=1S/C12H19N3O2/c1-10(13)12(16)15(7-8-17-2)9-11-5-3-4-6-14-11/h3-6,10H,7-9,13H2,1-2H3. The number of carbonyl (C=O) groups excluding carboxylic acids is 1. The van der Waals surface area contributed by atoms with Gasteiger partial charge in [0.05, 0.1) is 24.9 Å². The van der Waals surface area contributed by atoms with Gasteiger partial charge in [-0.05, 0) is 19.1 Å². The normalized spacial score (nSPS) is 12.2. The van der Waals surface area contributed by atoms with Crippen molar-refractivity contribution in [3.05, 3.63) is 30.1 Å². The molecule has 0 radical (unpaired) electrons. The van der Waals surface area contributed by atoms with Gasteiger partial charge in [0.2, 0.25) is 5.91 Å². The van der Waals surface area contributed by atoms with Crippen LogP contribution in [0.2, 0.25) is 0 Å². The molecular formula is C12H19N3O2. The van der Waals surface area contributed by atoms with Gasteiger partial charge in [-0.15, -0.1) is 0 Å². The zero-order valence-corrected chi connectivity index (χ0v) is 10.3. The minimum Gasteiger partial charge on any atom is -0.383 e. The summed E-state index contributed by atoms with van der Waals surface area (Å²) in [6.07, 6.45) is 1.71. The van der Waals surface area contributed by atoms with Crippen LogP contribution in [0, 0.1) is 0 Å². The van der Waals surface area contributed by atoms with Crippen molar-refractivity contribution in [3.8, 4) is 0 Å². The smallest absolute Gasteiger partial charge is 0.239 e. The van der Waals surface area contributed by atoms with E-state index in [1.807, 2.05) is 18.2 Å². The molecule has 1 aromatic rings. The summed E-state index contributed by atoms with van der Waals surface area (Å²) in [5.74, 6) is -0.0901. The number of ether oxygens (including phenoxy) is 1. The average molecular weight is 237 g/mol. The van der Waals surface area contributed by atoms with Crippen molar-refractivity contribution in [2.24, 2.45) is 5.73 Å². The molecule has 94 valence electrons. The fraction of sp³-hybridized carbons (Fsp3) is 0.500. The van der Waals surface area contributed by atoms with E-state index in [0.29, 0.717) is 19.7 Å². The summed E-state index contributed by atoms with van der Waals surface area (Å²) < 4.78 is 4.98.